The highest BCUT2D eigenvalue weighted by Gasteiger charge is 2.14. The lowest BCUT2D eigenvalue weighted by atomic mass is 10.0. The Bertz CT molecular complexity index is 564. The normalized spacial score (nSPS) is 10.1. The zero-order valence-electron chi connectivity index (χ0n) is 10.5. The van der Waals surface area contributed by atoms with Gasteiger partial charge >= 0.3 is 0 Å². The van der Waals surface area contributed by atoms with E-state index in [4.69, 9.17) is 4.74 Å². The molecule has 0 fully saturated rings. The number of aromatic nitrogens is 1. The summed E-state index contributed by atoms with van der Waals surface area (Å²) in [7, 11) is 1.54. The maximum atomic E-state index is 12.4. The van der Waals surface area contributed by atoms with Crippen LogP contribution >= 0.6 is 0 Å². The summed E-state index contributed by atoms with van der Waals surface area (Å²) in [5.74, 6) is 0.467. The number of carbonyl (C=O) groups excluding carboxylic acids is 1. The van der Waals surface area contributed by atoms with Gasteiger partial charge in [-0.15, -0.1) is 0 Å². The van der Waals surface area contributed by atoms with Gasteiger partial charge in [0.1, 0.15) is 5.75 Å². The van der Waals surface area contributed by atoms with Gasteiger partial charge in [-0.3, -0.25) is 9.78 Å². The van der Waals surface area contributed by atoms with Gasteiger partial charge in [-0.2, -0.15) is 0 Å². The molecule has 0 atom stereocenters. The number of pyridine rings is 1. The molecule has 0 saturated carbocycles. The smallest absolute Gasteiger partial charge is 0.196 e. The molecule has 0 radical (unpaired) electrons. The number of hydrogen-bond donors (Lipinski definition) is 0. The van der Waals surface area contributed by atoms with E-state index in [1.54, 1.807) is 18.5 Å². The number of rotatable bonds is 4. The zero-order valence-corrected chi connectivity index (χ0v) is 10.5. The Morgan fingerprint density at radius 1 is 1.33 bits per heavy atom. The molecule has 1 aromatic carbocycles. The molecule has 3 heteroatoms. The minimum Gasteiger partial charge on any atom is -0.494 e. The molecule has 1 aromatic heterocycles. The van der Waals surface area contributed by atoms with E-state index in [1.807, 2.05) is 24.3 Å². The molecular weight excluding hydrogens is 226 g/mol. The van der Waals surface area contributed by atoms with Gasteiger partial charge in [-0.1, -0.05) is 25.1 Å². The Hall–Kier alpha value is -2.16. The van der Waals surface area contributed by atoms with Crippen LogP contribution in [0, 0.1) is 0 Å². The molecule has 18 heavy (non-hydrogen) atoms. The number of hydrogen-bond acceptors (Lipinski definition) is 3. The van der Waals surface area contributed by atoms with Crippen LogP contribution in [0.5, 0.6) is 5.75 Å². The van der Waals surface area contributed by atoms with E-state index in [-0.39, 0.29) is 5.78 Å². The molecular formula is C15H15NO2. The van der Waals surface area contributed by atoms with Crippen molar-refractivity contribution in [2.24, 2.45) is 0 Å². The third-order valence-electron chi connectivity index (χ3n) is 2.85. The number of nitrogens with zero attached hydrogens (tertiary/aromatic N) is 1. The SMILES string of the molecule is CCc1cccc(C(=O)c2ccncc2OC)c1. The minimum absolute atomic E-state index is 0.0375. The summed E-state index contributed by atoms with van der Waals surface area (Å²) >= 11 is 0. The van der Waals surface area contributed by atoms with Crippen molar-refractivity contribution in [1.82, 2.24) is 4.98 Å². The van der Waals surface area contributed by atoms with Crippen LogP contribution in [0.1, 0.15) is 28.4 Å². The molecule has 0 bridgehead atoms. The van der Waals surface area contributed by atoms with Gasteiger partial charge in [0.15, 0.2) is 5.78 Å². The summed E-state index contributed by atoms with van der Waals surface area (Å²) in [4.78, 5) is 16.3. The molecule has 0 amide bonds. The molecule has 0 saturated heterocycles. The summed E-state index contributed by atoms with van der Waals surface area (Å²) in [5.41, 5.74) is 2.37. The maximum absolute atomic E-state index is 12.4. The topological polar surface area (TPSA) is 39.2 Å². The van der Waals surface area contributed by atoms with Gasteiger partial charge in [0, 0.05) is 11.8 Å². The first kappa shape index (κ1) is 12.3. The molecule has 0 unspecified atom stereocenters. The average molecular weight is 241 g/mol. The molecule has 0 N–H and O–H groups in total. The van der Waals surface area contributed by atoms with E-state index in [1.165, 1.54) is 7.11 Å². The van der Waals surface area contributed by atoms with Crippen LogP contribution in [0.25, 0.3) is 0 Å². The van der Waals surface area contributed by atoms with Crippen LogP contribution in [0.15, 0.2) is 42.7 Å². The highest BCUT2D eigenvalue weighted by atomic mass is 16.5. The molecule has 3 nitrogen and oxygen atoms in total. The Labute approximate surface area is 106 Å². The van der Waals surface area contributed by atoms with Gasteiger partial charge in [0.25, 0.3) is 0 Å². The molecule has 92 valence electrons. The number of methoxy groups -OCH3 is 1. The van der Waals surface area contributed by atoms with Crippen molar-refractivity contribution < 1.29 is 9.53 Å². The Kier molecular flexibility index (Phi) is 3.72. The second-order valence-electron chi connectivity index (χ2n) is 3.96. The fourth-order valence-corrected chi connectivity index (χ4v) is 1.82. The Balaban J connectivity index is 2.41. The monoisotopic (exact) mass is 241 g/mol. The van der Waals surface area contributed by atoms with E-state index in [0.717, 1.165) is 12.0 Å². The summed E-state index contributed by atoms with van der Waals surface area (Å²) in [6, 6.07) is 9.34. The third kappa shape index (κ3) is 2.40. The number of ketones is 1. The largest absolute Gasteiger partial charge is 0.494 e. The summed E-state index contributed by atoms with van der Waals surface area (Å²) in [6.07, 6.45) is 4.06. The van der Waals surface area contributed by atoms with Crippen molar-refractivity contribution in [2.45, 2.75) is 13.3 Å². The molecule has 2 rings (SSSR count). The van der Waals surface area contributed by atoms with Crippen LogP contribution in [0.2, 0.25) is 0 Å². The van der Waals surface area contributed by atoms with Gasteiger partial charge in [0.05, 0.1) is 18.9 Å². The standard InChI is InChI=1S/C15H15NO2/c1-3-11-5-4-6-12(9-11)15(17)13-7-8-16-10-14(13)18-2/h4-10H,3H2,1-2H3. The minimum atomic E-state index is -0.0375. The van der Waals surface area contributed by atoms with Gasteiger partial charge < -0.3 is 4.74 Å². The van der Waals surface area contributed by atoms with Crippen molar-refractivity contribution in [3.8, 4) is 5.75 Å². The van der Waals surface area contributed by atoms with Gasteiger partial charge in [-0.05, 0) is 24.1 Å². The number of aryl methyl sites for hydroxylation is 1. The molecule has 0 aliphatic rings. The first-order valence-corrected chi connectivity index (χ1v) is 5.88. The van der Waals surface area contributed by atoms with Crippen molar-refractivity contribution in [1.29, 1.82) is 0 Å². The highest BCUT2D eigenvalue weighted by molar-refractivity contribution is 6.10. The lowest BCUT2D eigenvalue weighted by Crippen LogP contribution is -2.04. The van der Waals surface area contributed by atoms with Crippen molar-refractivity contribution in [2.75, 3.05) is 7.11 Å². The van der Waals surface area contributed by atoms with Crippen molar-refractivity contribution in [3.63, 3.8) is 0 Å². The fraction of sp³-hybridized carbons (Fsp3) is 0.200. The summed E-state index contributed by atoms with van der Waals surface area (Å²) in [5, 5.41) is 0. The second kappa shape index (κ2) is 5.45. The number of benzene rings is 1. The number of carbonyl (C=O) groups is 1. The lowest BCUT2D eigenvalue weighted by molar-refractivity contribution is 0.103. The Morgan fingerprint density at radius 2 is 2.17 bits per heavy atom. The third-order valence-corrected chi connectivity index (χ3v) is 2.85. The molecule has 0 spiro atoms. The van der Waals surface area contributed by atoms with Crippen LogP contribution in [-0.4, -0.2) is 17.9 Å². The second-order valence-corrected chi connectivity index (χ2v) is 3.96. The summed E-state index contributed by atoms with van der Waals surface area (Å²) < 4.78 is 5.16. The first-order valence-electron chi connectivity index (χ1n) is 5.88. The van der Waals surface area contributed by atoms with Crippen molar-refractivity contribution >= 4 is 5.78 Å². The maximum Gasteiger partial charge on any atom is 0.196 e. The van der Waals surface area contributed by atoms with Gasteiger partial charge in [-0.25, -0.2) is 0 Å². The predicted octanol–water partition coefficient (Wildman–Crippen LogP) is 2.88. The van der Waals surface area contributed by atoms with E-state index in [9.17, 15) is 4.79 Å². The van der Waals surface area contributed by atoms with Crippen LogP contribution in [0.3, 0.4) is 0 Å². The number of ether oxygens (including phenoxy) is 1. The highest BCUT2D eigenvalue weighted by Crippen LogP contribution is 2.20. The fourth-order valence-electron chi connectivity index (χ4n) is 1.82. The van der Waals surface area contributed by atoms with E-state index >= 15 is 0 Å². The van der Waals surface area contributed by atoms with Gasteiger partial charge in [0.2, 0.25) is 0 Å². The zero-order chi connectivity index (χ0) is 13.0. The molecule has 0 aliphatic carbocycles. The van der Waals surface area contributed by atoms with E-state index < -0.39 is 0 Å². The lowest BCUT2D eigenvalue weighted by Gasteiger charge is -2.07. The predicted molar refractivity (Wildman–Crippen MR) is 70.0 cm³/mol. The van der Waals surface area contributed by atoms with E-state index in [0.29, 0.717) is 16.9 Å². The van der Waals surface area contributed by atoms with Crippen LogP contribution < -0.4 is 4.74 Å². The molecule has 0 aliphatic heterocycles. The quantitative estimate of drug-likeness (QED) is 0.773. The molecule has 2 aromatic rings. The average Bonchev–Trinajstić information content (AvgIpc) is 2.46. The molecule has 1 heterocycles. The van der Waals surface area contributed by atoms with Crippen LogP contribution in [0.4, 0.5) is 0 Å². The Morgan fingerprint density at radius 3 is 2.89 bits per heavy atom. The van der Waals surface area contributed by atoms with Crippen LogP contribution in [-0.2, 0) is 6.42 Å². The summed E-state index contributed by atoms with van der Waals surface area (Å²) in [6.45, 7) is 2.07. The first-order chi connectivity index (χ1) is 8.76. The van der Waals surface area contributed by atoms with E-state index in [2.05, 4.69) is 11.9 Å². The van der Waals surface area contributed by atoms with Crippen molar-refractivity contribution in [3.05, 3.63) is 59.4 Å².